The highest BCUT2D eigenvalue weighted by Gasteiger charge is 2.23. The topological polar surface area (TPSA) is 74.4 Å². The first-order valence-electron chi connectivity index (χ1n) is 11.1. The standard InChI is InChI=1S/C27H28N2O4S/c1-17-13-19(15-23(30)33-27(2,3)4)26(34-5)25-24(17)21-11-6-7-12-22(21)28(25)16-18-9-8-10-20(14-18)29(31)32/h6-14H,15-16H2,1-5H3. The van der Waals surface area contributed by atoms with Gasteiger partial charge >= 0.3 is 5.97 Å². The number of aryl methyl sites for hydroxylation is 1. The van der Waals surface area contributed by atoms with E-state index < -0.39 is 5.60 Å². The fourth-order valence-electron chi connectivity index (χ4n) is 4.50. The molecule has 0 amide bonds. The third-order valence-corrected chi connectivity index (χ3v) is 6.55. The van der Waals surface area contributed by atoms with Crippen molar-refractivity contribution in [2.75, 3.05) is 6.26 Å². The second-order valence-corrected chi connectivity index (χ2v) is 10.2. The molecule has 0 radical (unpaired) electrons. The molecule has 0 aliphatic rings. The lowest BCUT2D eigenvalue weighted by molar-refractivity contribution is -0.384. The summed E-state index contributed by atoms with van der Waals surface area (Å²) in [4.78, 5) is 24.7. The highest BCUT2D eigenvalue weighted by Crippen LogP contribution is 2.40. The predicted octanol–water partition coefficient (Wildman–Crippen LogP) is 6.67. The monoisotopic (exact) mass is 476 g/mol. The van der Waals surface area contributed by atoms with E-state index >= 15 is 0 Å². The Labute approximate surface area is 203 Å². The third-order valence-electron chi connectivity index (χ3n) is 5.68. The number of rotatable bonds is 6. The van der Waals surface area contributed by atoms with Crippen molar-refractivity contribution in [3.05, 3.63) is 81.4 Å². The Morgan fingerprint density at radius 1 is 1.12 bits per heavy atom. The summed E-state index contributed by atoms with van der Waals surface area (Å²) in [6.45, 7) is 8.15. The fourth-order valence-corrected chi connectivity index (χ4v) is 5.30. The number of nitro groups is 1. The van der Waals surface area contributed by atoms with Gasteiger partial charge in [0.2, 0.25) is 0 Å². The number of carbonyl (C=O) groups is 1. The average molecular weight is 477 g/mol. The zero-order valence-electron chi connectivity index (χ0n) is 20.0. The number of benzene rings is 3. The molecule has 0 spiro atoms. The Morgan fingerprint density at radius 3 is 2.53 bits per heavy atom. The van der Waals surface area contributed by atoms with Gasteiger partial charge in [0.1, 0.15) is 5.60 Å². The van der Waals surface area contributed by atoms with E-state index in [0.29, 0.717) is 6.54 Å². The second-order valence-electron chi connectivity index (χ2n) is 9.40. The van der Waals surface area contributed by atoms with Gasteiger partial charge in [-0.15, -0.1) is 11.8 Å². The molecule has 0 aliphatic carbocycles. The lowest BCUT2D eigenvalue weighted by Gasteiger charge is -2.20. The number of hydrogen-bond acceptors (Lipinski definition) is 5. The molecule has 0 atom stereocenters. The number of nitrogens with zero attached hydrogens (tertiary/aromatic N) is 2. The molecule has 4 aromatic rings. The van der Waals surface area contributed by atoms with E-state index in [9.17, 15) is 14.9 Å². The number of para-hydroxylation sites is 1. The van der Waals surface area contributed by atoms with E-state index in [4.69, 9.17) is 4.74 Å². The van der Waals surface area contributed by atoms with Crippen molar-refractivity contribution in [1.29, 1.82) is 0 Å². The molecule has 0 unspecified atom stereocenters. The van der Waals surface area contributed by atoms with Crippen LogP contribution in [0.3, 0.4) is 0 Å². The minimum atomic E-state index is -0.549. The van der Waals surface area contributed by atoms with E-state index in [1.165, 1.54) is 6.07 Å². The zero-order chi connectivity index (χ0) is 24.6. The Kier molecular flexibility index (Phi) is 6.41. The molecule has 3 aromatic carbocycles. The highest BCUT2D eigenvalue weighted by atomic mass is 32.2. The molecule has 1 heterocycles. The van der Waals surface area contributed by atoms with Crippen LogP contribution in [0.4, 0.5) is 5.69 Å². The van der Waals surface area contributed by atoms with Crippen LogP contribution >= 0.6 is 11.8 Å². The summed E-state index contributed by atoms with van der Waals surface area (Å²) in [6.07, 6.45) is 2.20. The van der Waals surface area contributed by atoms with Crippen molar-refractivity contribution in [2.45, 2.75) is 51.2 Å². The summed E-state index contributed by atoms with van der Waals surface area (Å²) >= 11 is 1.60. The molecule has 0 fully saturated rings. The van der Waals surface area contributed by atoms with Crippen LogP contribution in [0.2, 0.25) is 0 Å². The summed E-state index contributed by atoms with van der Waals surface area (Å²) < 4.78 is 7.80. The molecule has 0 N–H and O–H groups in total. The van der Waals surface area contributed by atoms with E-state index in [1.54, 1.807) is 23.9 Å². The molecule has 4 rings (SSSR count). The first-order chi connectivity index (χ1) is 16.1. The number of nitro benzene ring substituents is 1. The minimum absolute atomic E-state index is 0.0742. The van der Waals surface area contributed by atoms with Crippen molar-refractivity contribution in [2.24, 2.45) is 0 Å². The van der Waals surface area contributed by atoms with Crippen LogP contribution < -0.4 is 0 Å². The highest BCUT2D eigenvalue weighted by molar-refractivity contribution is 7.98. The van der Waals surface area contributed by atoms with E-state index in [0.717, 1.165) is 43.4 Å². The van der Waals surface area contributed by atoms with Crippen molar-refractivity contribution in [3.63, 3.8) is 0 Å². The van der Waals surface area contributed by atoms with Crippen LogP contribution in [0.15, 0.2) is 59.5 Å². The minimum Gasteiger partial charge on any atom is -0.460 e. The summed E-state index contributed by atoms with van der Waals surface area (Å²) in [7, 11) is 0. The number of thioether (sulfide) groups is 1. The van der Waals surface area contributed by atoms with Crippen LogP contribution in [-0.4, -0.2) is 27.3 Å². The van der Waals surface area contributed by atoms with E-state index in [1.807, 2.05) is 45.2 Å². The second kappa shape index (κ2) is 9.14. The van der Waals surface area contributed by atoms with Gasteiger partial charge < -0.3 is 9.30 Å². The zero-order valence-corrected chi connectivity index (χ0v) is 20.9. The molecule has 7 heteroatoms. The molecule has 0 aliphatic heterocycles. The maximum absolute atomic E-state index is 12.7. The number of ether oxygens (including phenoxy) is 1. The molecule has 176 valence electrons. The van der Waals surface area contributed by atoms with Gasteiger partial charge in [0.15, 0.2) is 0 Å². The van der Waals surface area contributed by atoms with Crippen molar-refractivity contribution in [3.8, 4) is 0 Å². The smallest absolute Gasteiger partial charge is 0.310 e. The molecule has 1 aromatic heterocycles. The summed E-state index contributed by atoms with van der Waals surface area (Å²) in [5, 5.41) is 13.6. The maximum Gasteiger partial charge on any atom is 0.310 e. The number of fused-ring (bicyclic) bond motifs is 3. The number of hydrogen-bond donors (Lipinski definition) is 0. The lowest BCUT2D eigenvalue weighted by Crippen LogP contribution is -2.25. The van der Waals surface area contributed by atoms with Crippen LogP contribution in [0.1, 0.15) is 37.5 Å². The average Bonchev–Trinajstić information content (AvgIpc) is 3.07. The van der Waals surface area contributed by atoms with Gasteiger partial charge in [-0.25, -0.2) is 0 Å². The normalized spacial score (nSPS) is 11.8. The van der Waals surface area contributed by atoms with Crippen molar-refractivity contribution < 1.29 is 14.5 Å². The molecule has 34 heavy (non-hydrogen) atoms. The van der Waals surface area contributed by atoms with E-state index in [2.05, 4.69) is 29.7 Å². The van der Waals surface area contributed by atoms with Gasteiger partial charge in [0, 0.05) is 39.9 Å². The van der Waals surface area contributed by atoms with Crippen LogP contribution in [0.5, 0.6) is 0 Å². The molecular weight excluding hydrogens is 448 g/mol. The van der Waals surface area contributed by atoms with Crippen LogP contribution in [-0.2, 0) is 22.5 Å². The SMILES string of the molecule is CSc1c(CC(=O)OC(C)(C)C)cc(C)c2c3ccccc3n(Cc3cccc([N+](=O)[O-])c3)c12. The van der Waals surface area contributed by atoms with E-state index in [-0.39, 0.29) is 23.0 Å². The van der Waals surface area contributed by atoms with Crippen LogP contribution in [0, 0.1) is 17.0 Å². The number of aromatic nitrogens is 1. The summed E-state index contributed by atoms with van der Waals surface area (Å²) in [6, 6.07) is 17.0. The molecule has 0 saturated carbocycles. The molecule has 0 saturated heterocycles. The Bertz CT molecular complexity index is 1420. The van der Waals surface area contributed by atoms with Gasteiger partial charge in [-0.05, 0) is 56.7 Å². The van der Waals surface area contributed by atoms with Crippen molar-refractivity contribution >= 4 is 45.2 Å². The Balaban J connectivity index is 1.93. The molecular formula is C27H28N2O4S. The maximum atomic E-state index is 12.7. The van der Waals surface area contributed by atoms with Crippen molar-refractivity contribution in [1.82, 2.24) is 4.57 Å². The predicted molar refractivity (Wildman–Crippen MR) is 138 cm³/mol. The number of esters is 1. The van der Waals surface area contributed by atoms with Gasteiger partial charge in [-0.2, -0.15) is 0 Å². The summed E-state index contributed by atoms with van der Waals surface area (Å²) in [5.41, 5.74) is 4.47. The largest absolute Gasteiger partial charge is 0.460 e. The van der Waals surface area contributed by atoms with Gasteiger partial charge in [0.05, 0.1) is 16.9 Å². The quantitative estimate of drug-likeness (QED) is 0.135. The lowest BCUT2D eigenvalue weighted by atomic mass is 10.0. The van der Waals surface area contributed by atoms with Crippen LogP contribution in [0.25, 0.3) is 21.8 Å². The Morgan fingerprint density at radius 2 is 1.85 bits per heavy atom. The number of carbonyl (C=O) groups excluding carboxylic acids is 1. The fraction of sp³-hybridized carbons (Fsp3) is 0.296. The van der Waals surface area contributed by atoms with Gasteiger partial charge in [-0.1, -0.05) is 36.4 Å². The molecule has 0 bridgehead atoms. The Hall–Kier alpha value is -3.32. The third kappa shape index (κ3) is 4.66. The van der Waals surface area contributed by atoms with Gasteiger partial charge in [-0.3, -0.25) is 14.9 Å². The first kappa shape index (κ1) is 23.8. The number of non-ortho nitro benzene ring substituents is 1. The molecule has 6 nitrogen and oxygen atoms in total. The van der Waals surface area contributed by atoms with Gasteiger partial charge in [0.25, 0.3) is 5.69 Å². The first-order valence-corrected chi connectivity index (χ1v) is 12.3. The summed E-state index contributed by atoms with van der Waals surface area (Å²) in [5.74, 6) is -0.261.